The average molecular weight is 359 g/mol. The Labute approximate surface area is 128 Å². The highest BCUT2D eigenvalue weighted by molar-refractivity contribution is 9.10. The molecule has 0 atom stereocenters. The van der Waals surface area contributed by atoms with Crippen LogP contribution in [0.1, 0.15) is 18.9 Å². The molecule has 2 aromatic rings. The van der Waals surface area contributed by atoms with Crippen LogP contribution in [-0.2, 0) is 16.0 Å². The third-order valence-electron chi connectivity index (χ3n) is 2.77. The summed E-state index contributed by atoms with van der Waals surface area (Å²) in [5.74, 6) is -1.75. The van der Waals surface area contributed by atoms with Gasteiger partial charge in [-0.3, -0.25) is 4.79 Å². The van der Waals surface area contributed by atoms with Gasteiger partial charge in [-0.15, -0.1) is 0 Å². The highest BCUT2D eigenvalue weighted by atomic mass is 79.9. The highest BCUT2D eigenvalue weighted by Crippen LogP contribution is 2.22. The maximum absolute atomic E-state index is 13.8. The van der Waals surface area contributed by atoms with Gasteiger partial charge in [0.15, 0.2) is 11.6 Å². The fraction of sp³-hybridized carbons (Fsp3) is 0.286. The van der Waals surface area contributed by atoms with Crippen molar-refractivity contribution in [3.8, 4) is 5.69 Å². The predicted octanol–water partition coefficient (Wildman–Crippen LogP) is 3.41. The molecule has 0 saturated carbocycles. The Kier molecular flexibility index (Phi) is 5.06. The van der Waals surface area contributed by atoms with E-state index in [-0.39, 0.29) is 18.1 Å². The predicted molar refractivity (Wildman–Crippen MR) is 76.1 cm³/mol. The van der Waals surface area contributed by atoms with E-state index in [1.807, 2.05) is 0 Å². The average Bonchev–Trinajstić information content (AvgIpc) is 2.84. The van der Waals surface area contributed by atoms with Gasteiger partial charge in [0.05, 0.1) is 12.8 Å². The van der Waals surface area contributed by atoms with Crippen molar-refractivity contribution in [3.05, 3.63) is 46.2 Å². The standard InChI is InChI=1S/C14H13BrF2N2O2/c1-2-21-13(20)4-3-9-7-18-19(8-9)14-11(16)5-10(15)6-12(14)17/h5-8H,2-4H2,1H3. The zero-order valence-corrected chi connectivity index (χ0v) is 12.9. The SMILES string of the molecule is CCOC(=O)CCc1cnn(-c2c(F)cc(Br)cc2F)c1. The Morgan fingerprint density at radius 2 is 2.05 bits per heavy atom. The maximum atomic E-state index is 13.8. The molecule has 7 heteroatoms. The van der Waals surface area contributed by atoms with E-state index in [1.165, 1.54) is 24.5 Å². The van der Waals surface area contributed by atoms with E-state index in [2.05, 4.69) is 21.0 Å². The lowest BCUT2D eigenvalue weighted by Crippen LogP contribution is -2.05. The van der Waals surface area contributed by atoms with E-state index < -0.39 is 11.6 Å². The molecule has 0 aliphatic carbocycles. The number of benzene rings is 1. The maximum Gasteiger partial charge on any atom is 0.306 e. The number of hydrogen-bond donors (Lipinski definition) is 0. The van der Waals surface area contributed by atoms with Crippen molar-refractivity contribution in [3.63, 3.8) is 0 Å². The largest absolute Gasteiger partial charge is 0.466 e. The van der Waals surface area contributed by atoms with Crippen LogP contribution in [0.25, 0.3) is 5.69 Å². The second-order valence-electron chi connectivity index (χ2n) is 4.32. The third kappa shape index (κ3) is 3.87. The zero-order chi connectivity index (χ0) is 15.4. The first-order valence-corrected chi connectivity index (χ1v) is 7.14. The Hall–Kier alpha value is -1.76. The van der Waals surface area contributed by atoms with Crippen LogP contribution in [0.2, 0.25) is 0 Å². The molecule has 112 valence electrons. The lowest BCUT2D eigenvalue weighted by Gasteiger charge is -2.05. The van der Waals surface area contributed by atoms with Crippen LogP contribution >= 0.6 is 15.9 Å². The van der Waals surface area contributed by atoms with Crippen LogP contribution < -0.4 is 0 Å². The summed E-state index contributed by atoms with van der Waals surface area (Å²) in [4.78, 5) is 11.3. The van der Waals surface area contributed by atoms with Gasteiger partial charge in [0.25, 0.3) is 0 Å². The number of carbonyl (C=O) groups is 1. The number of rotatable bonds is 5. The number of ether oxygens (including phenoxy) is 1. The molecule has 0 aliphatic rings. The van der Waals surface area contributed by atoms with Gasteiger partial charge in [0.2, 0.25) is 0 Å². The van der Waals surface area contributed by atoms with Gasteiger partial charge >= 0.3 is 5.97 Å². The van der Waals surface area contributed by atoms with Gasteiger partial charge < -0.3 is 4.74 Å². The van der Waals surface area contributed by atoms with Crippen LogP contribution in [0.15, 0.2) is 29.0 Å². The van der Waals surface area contributed by atoms with Crippen LogP contribution in [-0.4, -0.2) is 22.4 Å². The molecule has 21 heavy (non-hydrogen) atoms. The summed E-state index contributed by atoms with van der Waals surface area (Å²) < 4.78 is 33.9. The first-order valence-electron chi connectivity index (χ1n) is 6.35. The molecule has 0 unspecified atom stereocenters. The molecule has 0 fully saturated rings. The molecule has 0 aliphatic heterocycles. The molecular formula is C14H13BrF2N2O2. The Balaban J connectivity index is 2.15. The molecule has 0 amide bonds. The van der Waals surface area contributed by atoms with Crippen LogP contribution in [0.5, 0.6) is 0 Å². The fourth-order valence-corrected chi connectivity index (χ4v) is 2.25. The van der Waals surface area contributed by atoms with Crippen molar-refractivity contribution < 1.29 is 18.3 Å². The van der Waals surface area contributed by atoms with E-state index in [0.717, 1.165) is 4.68 Å². The number of aryl methyl sites for hydroxylation is 1. The van der Waals surface area contributed by atoms with Gasteiger partial charge in [0, 0.05) is 17.1 Å². The van der Waals surface area contributed by atoms with Crippen molar-refractivity contribution in [1.29, 1.82) is 0 Å². The number of halogens is 3. The molecule has 0 radical (unpaired) electrons. The second-order valence-corrected chi connectivity index (χ2v) is 5.23. The van der Waals surface area contributed by atoms with Crippen molar-refractivity contribution in [2.75, 3.05) is 6.61 Å². The Morgan fingerprint density at radius 3 is 2.67 bits per heavy atom. The van der Waals surface area contributed by atoms with E-state index >= 15 is 0 Å². The van der Waals surface area contributed by atoms with E-state index in [0.29, 0.717) is 23.1 Å². The fourth-order valence-electron chi connectivity index (χ4n) is 1.84. The van der Waals surface area contributed by atoms with Crippen molar-refractivity contribution >= 4 is 21.9 Å². The van der Waals surface area contributed by atoms with Gasteiger partial charge in [-0.1, -0.05) is 15.9 Å². The molecular weight excluding hydrogens is 346 g/mol. The molecule has 2 rings (SSSR count). The van der Waals surface area contributed by atoms with Crippen molar-refractivity contribution in [2.24, 2.45) is 0 Å². The minimum atomic E-state index is -0.720. The summed E-state index contributed by atoms with van der Waals surface area (Å²) in [7, 11) is 0. The Bertz CT molecular complexity index is 635. The molecule has 1 aromatic heterocycles. The summed E-state index contributed by atoms with van der Waals surface area (Å²) in [5.41, 5.74) is 0.449. The molecule has 0 N–H and O–H groups in total. The summed E-state index contributed by atoms with van der Waals surface area (Å²) in [6.07, 6.45) is 3.57. The van der Waals surface area contributed by atoms with Crippen LogP contribution in [0.4, 0.5) is 8.78 Å². The molecule has 0 saturated heterocycles. The van der Waals surface area contributed by atoms with Gasteiger partial charge in [-0.05, 0) is 31.0 Å². The summed E-state index contributed by atoms with van der Waals surface area (Å²) in [6.45, 7) is 2.06. The monoisotopic (exact) mass is 358 g/mol. The smallest absolute Gasteiger partial charge is 0.306 e. The summed E-state index contributed by atoms with van der Waals surface area (Å²) in [6, 6.07) is 2.33. The first-order chi connectivity index (χ1) is 10.0. The quantitative estimate of drug-likeness (QED) is 0.769. The number of carbonyl (C=O) groups excluding carboxylic acids is 1. The number of hydrogen-bond acceptors (Lipinski definition) is 3. The van der Waals surface area contributed by atoms with Gasteiger partial charge in [0.1, 0.15) is 5.69 Å². The summed E-state index contributed by atoms with van der Waals surface area (Å²) >= 11 is 3.02. The molecule has 4 nitrogen and oxygen atoms in total. The first kappa shape index (κ1) is 15.6. The molecule has 0 bridgehead atoms. The van der Waals surface area contributed by atoms with E-state index in [9.17, 15) is 13.6 Å². The summed E-state index contributed by atoms with van der Waals surface area (Å²) in [5, 5.41) is 3.93. The van der Waals surface area contributed by atoms with E-state index in [1.54, 1.807) is 6.92 Å². The van der Waals surface area contributed by atoms with Crippen molar-refractivity contribution in [1.82, 2.24) is 9.78 Å². The normalized spacial score (nSPS) is 10.7. The lowest BCUT2D eigenvalue weighted by atomic mass is 10.2. The molecule has 1 heterocycles. The third-order valence-corrected chi connectivity index (χ3v) is 3.23. The highest BCUT2D eigenvalue weighted by Gasteiger charge is 2.14. The molecule has 1 aromatic carbocycles. The number of nitrogens with zero attached hydrogens (tertiary/aromatic N) is 2. The van der Waals surface area contributed by atoms with Crippen molar-refractivity contribution in [2.45, 2.75) is 19.8 Å². The number of esters is 1. The molecule has 0 spiro atoms. The van der Waals surface area contributed by atoms with Gasteiger partial charge in [-0.25, -0.2) is 13.5 Å². The zero-order valence-electron chi connectivity index (χ0n) is 11.3. The second kappa shape index (κ2) is 6.80. The Morgan fingerprint density at radius 1 is 1.38 bits per heavy atom. The van der Waals surface area contributed by atoms with Crippen LogP contribution in [0.3, 0.4) is 0 Å². The topological polar surface area (TPSA) is 44.1 Å². The number of aromatic nitrogens is 2. The lowest BCUT2D eigenvalue weighted by molar-refractivity contribution is -0.143. The van der Waals surface area contributed by atoms with Gasteiger partial charge in [-0.2, -0.15) is 5.10 Å². The van der Waals surface area contributed by atoms with Crippen LogP contribution in [0, 0.1) is 11.6 Å². The minimum Gasteiger partial charge on any atom is -0.466 e. The van der Waals surface area contributed by atoms with E-state index in [4.69, 9.17) is 4.74 Å². The minimum absolute atomic E-state index is 0.199.